The standard InChI is InChI=1S/C12H13FN2O/c13-12-3-8(6-14)1-2-9(12)7-16-11-4-10(15)5-11/h1-3,10-11H,4-5,7,15H2. The van der Waals surface area contributed by atoms with Gasteiger partial charge >= 0.3 is 0 Å². The largest absolute Gasteiger partial charge is 0.373 e. The molecule has 1 saturated carbocycles. The first-order valence-corrected chi connectivity index (χ1v) is 5.24. The van der Waals surface area contributed by atoms with Crippen molar-refractivity contribution in [1.29, 1.82) is 5.26 Å². The molecule has 1 aliphatic carbocycles. The van der Waals surface area contributed by atoms with Crippen LogP contribution in [-0.2, 0) is 11.3 Å². The predicted octanol–water partition coefficient (Wildman–Crippen LogP) is 1.70. The molecule has 2 N–H and O–H groups in total. The van der Waals surface area contributed by atoms with Crippen LogP contribution in [-0.4, -0.2) is 12.1 Å². The highest BCUT2D eigenvalue weighted by molar-refractivity contribution is 5.32. The van der Waals surface area contributed by atoms with E-state index >= 15 is 0 Å². The molecule has 1 aromatic rings. The second-order valence-corrected chi connectivity index (χ2v) is 4.08. The molecule has 2 rings (SSSR count). The number of hydrogen-bond donors (Lipinski definition) is 1. The van der Waals surface area contributed by atoms with Gasteiger partial charge in [0.2, 0.25) is 0 Å². The molecular formula is C12H13FN2O. The lowest BCUT2D eigenvalue weighted by atomic mass is 9.90. The summed E-state index contributed by atoms with van der Waals surface area (Å²) < 4.78 is 18.9. The van der Waals surface area contributed by atoms with Crippen LogP contribution in [0.4, 0.5) is 4.39 Å². The summed E-state index contributed by atoms with van der Waals surface area (Å²) in [7, 11) is 0. The molecule has 0 aromatic heterocycles. The van der Waals surface area contributed by atoms with Crippen molar-refractivity contribution in [2.75, 3.05) is 0 Å². The molecule has 84 valence electrons. The zero-order valence-electron chi connectivity index (χ0n) is 8.82. The van der Waals surface area contributed by atoms with Gasteiger partial charge in [0.15, 0.2) is 0 Å². The number of nitriles is 1. The van der Waals surface area contributed by atoms with Gasteiger partial charge in [-0.2, -0.15) is 5.26 Å². The molecule has 1 aliphatic rings. The number of hydrogen-bond acceptors (Lipinski definition) is 3. The van der Waals surface area contributed by atoms with Gasteiger partial charge in [0.05, 0.1) is 24.3 Å². The van der Waals surface area contributed by atoms with Crippen molar-refractivity contribution < 1.29 is 9.13 Å². The molecule has 0 heterocycles. The van der Waals surface area contributed by atoms with Crippen LogP contribution >= 0.6 is 0 Å². The summed E-state index contributed by atoms with van der Waals surface area (Å²) in [5.74, 6) is -0.386. The average molecular weight is 220 g/mol. The van der Waals surface area contributed by atoms with E-state index in [0.29, 0.717) is 11.1 Å². The van der Waals surface area contributed by atoms with E-state index in [1.54, 1.807) is 12.1 Å². The minimum atomic E-state index is -0.386. The molecule has 1 fully saturated rings. The van der Waals surface area contributed by atoms with E-state index in [0.717, 1.165) is 12.8 Å². The Labute approximate surface area is 93.6 Å². The average Bonchev–Trinajstić information content (AvgIpc) is 2.24. The minimum absolute atomic E-state index is 0.157. The molecule has 16 heavy (non-hydrogen) atoms. The fraction of sp³-hybridized carbons (Fsp3) is 0.417. The second kappa shape index (κ2) is 4.60. The molecule has 0 aliphatic heterocycles. The molecule has 0 unspecified atom stereocenters. The van der Waals surface area contributed by atoms with Crippen molar-refractivity contribution in [3.63, 3.8) is 0 Å². The van der Waals surface area contributed by atoms with Crippen LogP contribution in [0.1, 0.15) is 24.0 Å². The van der Waals surface area contributed by atoms with Gasteiger partial charge in [0, 0.05) is 11.6 Å². The monoisotopic (exact) mass is 220 g/mol. The Bertz CT molecular complexity index is 422. The highest BCUT2D eigenvalue weighted by Crippen LogP contribution is 2.23. The van der Waals surface area contributed by atoms with Crippen LogP contribution in [0.3, 0.4) is 0 Å². The van der Waals surface area contributed by atoms with E-state index in [9.17, 15) is 4.39 Å². The number of nitrogens with zero attached hydrogens (tertiary/aromatic N) is 1. The number of ether oxygens (including phenoxy) is 1. The summed E-state index contributed by atoms with van der Waals surface area (Å²) in [6.45, 7) is 0.245. The summed E-state index contributed by atoms with van der Waals surface area (Å²) >= 11 is 0. The lowest BCUT2D eigenvalue weighted by molar-refractivity contribution is -0.0198. The fourth-order valence-electron chi connectivity index (χ4n) is 1.68. The van der Waals surface area contributed by atoms with Crippen LogP contribution in [0.5, 0.6) is 0 Å². The smallest absolute Gasteiger partial charge is 0.130 e. The highest BCUT2D eigenvalue weighted by atomic mass is 19.1. The minimum Gasteiger partial charge on any atom is -0.373 e. The van der Waals surface area contributed by atoms with Crippen molar-refractivity contribution in [2.45, 2.75) is 31.6 Å². The molecule has 4 heteroatoms. The van der Waals surface area contributed by atoms with Crippen LogP contribution in [0.15, 0.2) is 18.2 Å². The Morgan fingerprint density at radius 1 is 1.50 bits per heavy atom. The van der Waals surface area contributed by atoms with Crippen LogP contribution in [0.25, 0.3) is 0 Å². The van der Waals surface area contributed by atoms with Gasteiger partial charge in [-0.05, 0) is 25.0 Å². The lowest BCUT2D eigenvalue weighted by Gasteiger charge is -2.32. The Morgan fingerprint density at radius 3 is 2.81 bits per heavy atom. The summed E-state index contributed by atoms with van der Waals surface area (Å²) in [6, 6.07) is 6.53. The second-order valence-electron chi connectivity index (χ2n) is 4.08. The molecule has 0 spiro atoms. The van der Waals surface area contributed by atoms with E-state index in [-0.39, 0.29) is 24.6 Å². The summed E-state index contributed by atoms with van der Waals surface area (Å²) in [4.78, 5) is 0. The topological polar surface area (TPSA) is 59.0 Å². The Balaban J connectivity index is 1.92. The maximum absolute atomic E-state index is 13.4. The van der Waals surface area contributed by atoms with Gasteiger partial charge < -0.3 is 10.5 Å². The third-order valence-electron chi connectivity index (χ3n) is 2.79. The highest BCUT2D eigenvalue weighted by Gasteiger charge is 2.26. The molecule has 0 radical (unpaired) electrons. The normalized spacial score (nSPS) is 23.6. The number of halogens is 1. The Kier molecular flexibility index (Phi) is 3.18. The first-order chi connectivity index (χ1) is 7.69. The number of nitrogens with two attached hydrogens (primary N) is 1. The SMILES string of the molecule is N#Cc1ccc(COC2CC(N)C2)c(F)c1. The summed E-state index contributed by atoms with van der Waals surface area (Å²) in [6.07, 6.45) is 1.85. The van der Waals surface area contributed by atoms with Gasteiger partial charge in [-0.1, -0.05) is 6.07 Å². The van der Waals surface area contributed by atoms with Gasteiger partial charge in [0.25, 0.3) is 0 Å². The maximum atomic E-state index is 13.4. The first kappa shape index (κ1) is 11.1. The Morgan fingerprint density at radius 2 is 2.25 bits per heavy atom. The molecule has 0 bridgehead atoms. The van der Waals surface area contributed by atoms with Gasteiger partial charge in [-0.3, -0.25) is 0 Å². The maximum Gasteiger partial charge on any atom is 0.130 e. The zero-order valence-corrected chi connectivity index (χ0v) is 8.82. The number of benzene rings is 1. The first-order valence-electron chi connectivity index (χ1n) is 5.24. The lowest BCUT2D eigenvalue weighted by Crippen LogP contribution is -2.41. The Hall–Kier alpha value is -1.44. The van der Waals surface area contributed by atoms with E-state index in [1.807, 2.05) is 6.07 Å². The molecular weight excluding hydrogens is 207 g/mol. The number of rotatable bonds is 3. The zero-order chi connectivity index (χ0) is 11.5. The van der Waals surface area contributed by atoms with Crippen LogP contribution < -0.4 is 5.73 Å². The van der Waals surface area contributed by atoms with E-state index in [2.05, 4.69) is 0 Å². The molecule has 1 aromatic carbocycles. The van der Waals surface area contributed by atoms with E-state index in [1.165, 1.54) is 6.07 Å². The van der Waals surface area contributed by atoms with Crippen molar-refractivity contribution >= 4 is 0 Å². The molecule has 0 saturated heterocycles. The van der Waals surface area contributed by atoms with E-state index < -0.39 is 0 Å². The van der Waals surface area contributed by atoms with Gasteiger partial charge in [0.1, 0.15) is 5.82 Å². The van der Waals surface area contributed by atoms with Gasteiger partial charge in [-0.25, -0.2) is 4.39 Å². The third-order valence-corrected chi connectivity index (χ3v) is 2.79. The van der Waals surface area contributed by atoms with Crippen molar-refractivity contribution in [1.82, 2.24) is 0 Å². The van der Waals surface area contributed by atoms with E-state index in [4.69, 9.17) is 15.7 Å². The van der Waals surface area contributed by atoms with Crippen molar-refractivity contribution in [3.8, 4) is 6.07 Å². The molecule has 3 nitrogen and oxygen atoms in total. The quantitative estimate of drug-likeness (QED) is 0.843. The third kappa shape index (κ3) is 2.38. The van der Waals surface area contributed by atoms with Crippen LogP contribution in [0, 0.1) is 17.1 Å². The van der Waals surface area contributed by atoms with Gasteiger partial charge in [-0.15, -0.1) is 0 Å². The van der Waals surface area contributed by atoms with Crippen molar-refractivity contribution in [2.24, 2.45) is 5.73 Å². The summed E-state index contributed by atoms with van der Waals surface area (Å²) in [5, 5.41) is 8.59. The fourth-order valence-corrected chi connectivity index (χ4v) is 1.68. The summed E-state index contributed by atoms with van der Waals surface area (Å²) in [5.41, 5.74) is 6.43. The predicted molar refractivity (Wildman–Crippen MR) is 56.9 cm³/mol. The molecule has 0 amide bonds. The molecule has 0 atom stereocenters. The van der Waals surface area contributed by atoms with Crippen molar-refractivity contribution in [3.05, 3.63) is 35.1 Å². The van der Waals surface area contributed by atoms with Crippen LogP contribution in [0.2, 0.25) is 0 Å².